The quantitative estimate of drug-likeness (QED) is 0.417. The molecule has 2 atom stereocenters. The van der Waals surface area contributed by atoms with Gasteiger partial charge in [-0.3, -0.25) is 0 Å². The molecule has 0 aliphatic rings. The molecule has 0 nitrogen and oxygen atoms in total. The first-order chi connectivity index (χ1) is 3.91. The zero-order valence-corrected chi connectivity index (χ0v) is 7.83. The van der Waals surface area contributed by atoms with Gasteiger partial charge in [0.1, 0.15) is 0 Å². The molecule has 0 saturated heterocycles. The average Bonchev–Trinajstić information content (AvgIpc) is 1.81. The molecule has 0 amide bonds. The third kappa shape index (κ3) is 6.86. The van der Waals surface area contributed by atoms with Crippen molar-refractivity contribution < 1.29 is 0 Å². The normalized spacial score (nSPS) is 12.8. The van der Waals surface area contributed by atoms with Gasteiger partial charge in [-0.25, -0.2) is 0 Å². The molecule has 0 spiro atoms. The number of hydrogen-bond acceptors (Lipinski definition) is 0. The number of hydrogen-bond donors (Lipinski definition) is 0. The summed E-state index contributed by atoms with van der Waals surface area (Å²) in [5, 5.41) is 0. The van der Waals surface area contributed by atoms with Gasteiger partial charge in [0.05, 0.1) is 0 Å². The van der Waals surface area contributed by atoms with Crippen molar-refractivity contribution in [3.05, 3.63) is 0 Å². The largest absolute Gasteiger partial charge is 0.0993 e. The van der Waals surface area contributed by atoms with Gasteiger partial charge in [-0.15, -0.1) is 0 Å². The van der Waals surface area contributed by atoms with Crippen molar-refractivity contribution in [2.75, 3.05) is 12.3 Å². The summed E-state index contributed by atoms with van der Waals surface area (Å²) in [7, 11) is 2.53. The molecule has 0 rings (SSSR count). The number of rotatable bonds is 5. The standard InChI is InChI=1S/C6H16P2/c1-3-5-7-8-6-4-2/h7-8H,3-6H2,1-2H3. The summed E-state index contributed by atoms with van der Waals surface area (Å²) in [5.41, 5.74) is 0. The van der Waals surface area contributed by atoms with Gasteiger partial charge in [-0.1, -0.05) is 43.2 Å². The van der Waals surface area contributed by atoms with Crippen molar-refractivity contribution in [1.29, 1.82) is 0 Å². The van der Waals surface area contributed by atoms with Crippen LogP contribution in [0.5, 0.6) is 0 Å². The van der Waals surface area contributed by atoms with Crippen LogP contribution in [0.25, 0.3) is 0 Å². The first-order valence-electron chi connectivity index (χ1n) is 3.37. The topological polar surface area (TPSA) is 0 Å². The summed E-state index contributed by atoms with van der Waals surface area (Å²) in [5.74, 6) is 0. The summed E-state index contributed by atoms with van der Waals surface area (Å²) in [6, 6.07) is 0. The Hall–Kier alpha value is 0.860. The van der Waals surface area contributed by atoms with E-state index in [0.717, 1.165) is 0 Å². The SMILES string of the molecule is CCCPPCCC. The van der Waals surface area contributed by atoms with Crippen LogP contribution in [0.4, 0.5) is 0 Å². The van der Waals surface area contributed by atoms with Crippen molar-refractivity contribution in [3.63, 3.8) is 0 Å². The Morgan fingerprint density at radius 1 is 0.875 bits per heavy atom. The molecule has 0 aromatic rings. The van der Waals surface area contributed by atoms with Gasteiger partial charge >= 0.3 is 0 Å². The first kappa shape index (κ1) is 8.86. The Bertz CT molecular complexity index is 31.5. The molecular weight excluding hydrogens is 134 g/mol. The van der Waals surface area contributed by atoms with Crippen LogP contribution >= 0.6 is 16.5 Å². The van der Waals surface area contributed by atoms with Gasteiger partial charge in [-0.05, 0) is 12.3 Å². The molecule has 0 fully saturated rings. The second kappa shape index (κ2) is 7.86. The Morgan fingerprint density at radius 3 is 1.50 bits per heavy atom. The van der Waals surface area contributed by atoms with Crippen LogP contribution in [0.1, 0.15) is 26.7 Å². The fourth-order valence-electron chi connectivity index (χ4n) is 0.427. The summed E-state index contributed by atoms with van der Waals surface area (Å²) in [6.45, 7) is 4.53. The van der Waals surface area contributed by atoms with Crippen molar-refractivity contribution in [2.45, 2.75) is 26.7 Å². The van der Waals surface area contributed by atoms with Crippen molar-refractivity contribution in [3.8, 4) is 0 Å². The average molecular weight is 150 g/mol. The van der Waals surface area contributed by atoms with Crippen LogP contribution in [-0.4, -0.2) is 12.3 Å². The zero-order valence-electron chi connectivity index (χ0n) is 5.83. The predicted octanol–water partition coefficient (Wildman–Crippen LogP) is 3.08. The fourth-order valence-corrected chi connectivity index (χ4v) is 3.84. The molecule has 2 unspecified atom stereocenters. The third-order valence-corrected chi connectivity index (χ3v) is 4.87. The molecular formula is C6H16P2. The molecule has 0 aliphatic heterocycles. The summed E-state index contributed by atoms with van der Waals surface area (Å²) >= 11 is 0. The molecule has 0 aromatic carbocycles. The van der Waals surface area contributed by atoms with Crippen LogP contribution in [0.3, 0.4) is 0 Å². The van der Waals surface area contributed by atoms with Crippen LogP contribution in [-0.2, 0) is 0 Å². The zero-order chi connectivity index (χ0) is 6.24. The Morgan fingerprint density at radius 2 is 1.25 bits per heavy atom. The van der Waals surface area contributed by atoms with E-state index in [1.54, 1.807) is 0 Å². The monoisotopic (exact) mass is 150 g/mol. The van der Waals surface area contributed by atoms with Gasteiger partial charge < -0.3 is 0 Å². The maximum absolute atomic E-state index is 2.27. The maximum atomic E-state index is 2.27. The molecule has 0 aliphatic carbocycles. The highest BCUT2D eigenvalue weighted by Gasteiger charge is 1.82. The van der Waals surface area contributed by atoms with E-state index in [0.29, 0.717) is 0 Å². The van der Waals surface area contributed by atoms with Crippen LogP contribution in [0, 0.1) is 0 Å². The van der Waals surface area contributed by atoms with Crippen LogP contribution in [0.2, 0.25) is 0 Å². The molecule has 50 valence electrons. The van der Waals surface area contributed by atoms with Crippen molar-refractivity contribution in [2.24, 2.45) is 0 Å². The van der Waals surface area contributed by atoms with Crippen molar-refractivity contribution >= 4 is 16.5 Å². The highest BCUT2D eigenvalue weighted by atomic mass is 32.0. The minimum Gasteiger partial charge on any atom is -0.0993 e. The van der Waals surface area contributed by atoms with E-state index in [1.807, 2.05) is 0 Å². The Kier molecular flexibility index (Phi) is 8.70. The minimum absolute atomic E-state index is 1.27. The van der Waals surface area contributed by atoms with Crippen LogP contribution < -0.4 is 0 Å². The van der Waals surface area contributed by atoms with Gasteiger partial charge in [0, 0.05) is 0 Å². The fraction of sp³-hybridized carbons (Fsp3) is 1.00. The van der Waals surface area contributed by atoms with Crippen LogP contribution in [0.15, 0.2) is 0 Å². The van der Waals surface area contributed by atoms with E-state index in [9.17, 15) is 0 Å². The highest BCUT2D eigenvalue weighted by Crippen LogP contribution is 2.36. The second-order valence-corrected chi connectivity index (χ2v) is 5.68. The molecule has 0 aromatic heterocycles. The van der Waals surface area contributed by atoms with E-state index in [-0.39, 0.29) is 0 Å². The Labute approximate surface area is 56.3 Å². The molecule has 0 N–H and O–H groups in total. The molecule has 0 saturated carbocycles. The Balaban J connectivity index is 2.53. The summed E-state index contributed by atoms with van der Waals surface area (Å²) in [6.07, 6.45) is 5.71. The smallest absolute Gasteiger partial charge is 0.0319 e. The first-order valence-corrected chi connectivity index (χ1v) is 6.79. The molecule has 0 radical (unpaired) electrons. The second-order valence-electron chi connectivity index (χ2n) is 1.85. The lowest BCUT2D eigenvalue weighted by atomic mass is 10.6. The molecule has 0 heterocycles. The maximum Gasteiger partial charge on any atom is -0.0319 e. The minimum atomic E-state index is 1.27. The highest BCUT2D eigenvalue weighted by molar-refractivity contribution is 8.11. The molecule has 8 heavy (non-hydrogen) atoms. The predicted molar refractivity (Wildman–Crippen MR) is 46.9 cm³/mol. The van der Waals surface area contributed by atoms with E-state index < -0.39 is 0 Å². The van der Waals surface area contributed by atoms with Gasteiger partial charge in [0.2, 0.25) is 0 Å². The van der Waals surface area contributed by atoms with E-state index in [2.05, 4.69) is 13.8 Å². The van der Waals surface area contributed by atoms with E-state index >= 15 is 0 Å². The van der Waals surface area contributed by atoms with E-state index in [4.69, 9.17) is 0 Å². The van der Waals surface area contributed by atoms with E-state index in [1.165, 1.54) is 41.7 Å². The van der Waals surface area contributed by atoms with Gasteiger partial charge in [0.15, 0.2) is 0 Å². The lowest BCUT2D eigenvalue weighted by molar-refractivity contribution is 1.10. The van der Waals surface area contributed by atoms with Gasteiger partial charge in [0.25, 0.3) is 0 Å². The lowest BCUT2D eigenvalue weighted by Gasteiger charge is -1.95. The summed E-state index contributed by atoms with van der Waals surface area (Å²) < 4.78 is 0. The van der Waals surface area contributed by atoms with Gasteiger partial charge in [-0.2, -0.15) is 0 Å². The lowest BCUT2D eigenvalue weighted by Crippen LogP contribution is -1.66. The third-order valence-electron chi connectivity index (χ3n) is 0.875. The van der Waals surface area contributed by atoms with Crippen molar-refractivity contribution in [1.82, 2.24) is 0 Å². The molecule has 2 heteroatoms. The molecule has 0 bridgehead atoms. The summed E-state index contributed by atoms with van der Waals surface area (Å²) in [4.78, 5) is 0.